The van der Waals surface area contributed by atoms with Crippen molar-refractivity contribution in [2.24, 2.45) is 0 Å². The molecule has 6 aromatic rings. The SMILES string of the molecule is COC(=O)Nc1nc2cc(SSc3cc4nc(NC(=O)OC)[nH]c4cc3Oc3ccccc3)c(Oc3ccccc3)cc2[nH]1. The number of H-pyrrole nitrogens is 2. The molecule has 0 atom stereocenters. The van der Waals surface area contributed by atoms with Crippen LogP contribution in [0.25, 0.3) is 22.1 Å². The number of hydrogen-bond acceptors (Lipinski definition) is 10. The van der Waals surface area contributed by atoms with E-state index in [1.807, 2.05) is 84.9 Å². The van der Waals surface area contributed by atoms with E-state index in [1.165, 1.54) is 35.8 Å². The Morgan fingerprint density at radius 3 is 1.43 bits per heavy atom. The topological polar surface area (TPSA) is 152 Å². The maximum Gasteiger partial charge on any atom is 0.413 e. The van der Waals surface area contributed by atoms with Crippen molar-refractivity contribution in [3.05, 3.63) is 84.9 Å². The zero-order chi connectivity index (χ0) is 30.5. The third kappa shape index (κ3) is 6.66. The molecule has 6 rings (SSSR count). The first kappa shape index (κ1) is 28.8. The number of benzene rings is 4. The van der Waals surface area contributed by atoms with Crippen LogP contribution < -0.4 is 20.1 Å². The first-order chi connectivity index (χ1) is 21.5. The van der Waals surface area contributed by atoms with Crippen molar-refractivity contribution in [1.82, 2.24) is 19.9 Å². The van der Waals surface area contributed by atoms with E-state index in [2.05, 4.69) is 40.0 Å². The summed E-state index contributed by atoms with van der Waals surface area (Å²) in [7, 11) is 5.43. The molecule has 0 aliphatic carbocycles. The Balaban J connectivity index is 1.36. The van der Waals surface area contributed by atoms with E-state index in [9.17, 15) is 9.59 Å². The Labute approximate surface area is 258 Å². The van der Waals surface area contributed by atoms with Gasteiger partial charge in [0, 0.05) is 12.1 Å². The van der Waals surface area contributed by atoms with E-state index in [0.717, 1.165) is 9.79 Å². The average molecular weight is 629 g/mol. The quantitative estimate of drug-likeness (QED) is 0.115. The minimum Gasteiger partial charge on any atom is -0.456 e. The zero-order valence-electron chi connectivity index (χ0n) is 23.2. The predicted octanol–water partition coefficient (Wildman–Crippen LogP) is 8.18. The van der Waals surface area contributed by atoms with Crippen LogP contribution >= 0.6 is 21.6 Å². The summed E-state index contributed by atoms with van der Waals surface area (Å²) in [5.41, 5.74) is 2.55. The Bertz CT molecular complexity index is 1810. The molecule has 12 nitrogen and oxygen atoms in total. The van der Waals surface area contributed by atoms with E-state index in [0.29, 0.717) is 45.1 Å². The highest BCUT2D eigenvalue weighted by Gasteiger charge is 2.17. The van der Waals surface area contributed by atoms with Crippen LogP contribution in [-0.4, -0.2) is 46.3 Å². The highest BCUT2D eigenvalue weighted by molar-refractivity contribution is 8.76. The lowest BCUT2D eigenvalue weighted by molar-refractivity contribution is 0.186. The molecule has 222 valence electrons. The zero-order valence-corrected chi connectivity index (χ0v) is 24.9. The summed E-state index contributed by atoms with van der Waals surface area (Å²) in [5.74, 6) is 2.94. The molecule has 0 fully saturated rings. The molecule has 0 bridgehead atoms. The highest BCUT2D eigenvalue weighted by Crippen LogP contribution is 2.48. The van der Waals surface area contributed by atoms with Crippen LogP contribution in [-0.2, 0) is 9.47 Å². The van der Waals surface area contributed by atoms with Crippen LogP contribution in [0.15, 0.2) is 94.7 Å². The number of imidazole rings is 2. The van der Waals surface area contributed by atoms with E-state index in [-0.39, 0.29) is 11.9 Å². The third-order valence-corrected chi connectivity index (χ3v) is 8.48. The van der Waals surface area contributed by atoms with Gasteiger partial charge in [-0.3, -0.25) is 10.6 Å². The molecule has 2 heterocycles. The predicted molar refractivity (Wildman–Crippen MR) is 169 cm³/mol. The van der Waals surface area contributed by atoms with Gasteiger partial charge >= 0.3 is 12.2 Å². The lowest BCUT2D eigenvalue weighted by Gasteiger charge is -2.13. The minimum atomic E-state index is -0.639. The summed E-state index contributed by atoms with van der Waals surface area (Å²) < 4.78 is 21.9. The number of nitrogens with one attached hydrogen (secondary N) is 4. The van der Waals surface area contributed by atoms with Gasteiger partial charge in [-0.25, -0.2) is 19.6 Å². The number of aromatic amines is 2. The smallest absolute Gasteiger partial charge is 0.413 e. The van der Waals surface area contributed by atoms with Crippen molar-refractivity contribution in [1.29, 1.82) is 0 Å². The second-order valence-corrected chi connectivity index (χ2v) is 11.2. The summed E-state index contributed by atoms with van der Waals surface area (Å²) in [6.45, 7) is 0. The maximum atomic E-state index is 11.7. The Morgan fingerprint density at radius 1 is 0.636 bits per heavy atom. The monoisotopic (exact) mass is 628 g/mol. The number of anilines is 2. The van der Waals surface area contributed by atoms with Crippen LogP contribution in [0.4, 0.5) is 21.5 Å². The van der Waals surface area contributed by atoms with Crippen LogP contribution in [0, 0.1) is 0 Å². The molecule has 4 N–H and O–H groups in total. The molecule has 0 spiro atoms. The van der Waals surface area contributed by atoms with Crippen LogP contribution in [0.1, 0.15) is 0 Å². The summed E-state index contributed by atoms with van der Waals surface area (Å²) in [6, 6.07) is 26.2. The molecular weight excluding hydrogens is 605 g/mol. The molecule has 2 amide bonds. The number of hydrogen-bond donors (Lipinski definition) is 4. The molecule has 0 saturated carbocycles. The fraction of sp³-hybridized carbons (Fsp3) is 0.0667. The number of ether oxygens (including phenoxy) is 4. The van der Waals surface area contributed by atoms with Gasteiger partial charge in [0.1, 0.15) is 23.0 Å². The van der Waals surface area contributed by atoms with Gasteiger partial charge in [0.2, 0.25) is 11.9 Å². The molecule has 0 aliphatic rings. The molecule has 14 heteroatoms. The number of rotatable bonds is 9. The molecule has 4 aromatic carbocycles. The van der Waals surface area contributed by atoms with Gasteiger partial charge < -0.3 is 28.9 Å². The summed E-state index contributed by atoms with van der Waals surface area (Å²) >= 11 is 0. The molecule has 0 unspecified atom stereocenters. The minimum absolute atomic E-state index is 0.242. The number of carbonyl (C=O) groups is 2. The average Bonchev–Trinajstić information content (AvgIpc) is 3.62. The van der Waals surface area contributed by atoms with Crippen LogP contribution in [0.5, 0.6) is 23.0 Å². The van der Waals surface area contributed by atoms with Gasteiger partial charge in [0.25, 0.3) is 0 Å². The van der Waals surface area contributed by atoms with Gasteiger partial charge in [0.15, 0.2) is 0 Å². The molecule has 0 aliphatic heterocycles. The first-order valence-corrected chi connectivity index (χ1v) is 15.2. The van der Waals surface area contributed by atoms with Gasteiger partial charge in [-0.1, -0.05) is 36.4 Å². The number of aromatic nitrogens is 4. The molecule has 0 radical (unpaired) electrons. The van der Waals surface area contributed by atoms with Crippen LogP contribution in [0.3, 0.4) is 0 Å². The summed E-state index contributed by atoms with van der Waals surface area (Å²) in [5, 5.41) is 5.10. The fourth-order valence-electron chi connectivity index (χ4n) is 4.06. The van der Waals surface area contributed by atoms with Crippen molar-refractivity contribution in [2.45, 2.75) is 9.79 Å². The molecule has 44 heavy (non-hydrogen) atoms. The molecule has 0 saturated heterocycles. The Hall–Kier alpha value is -5.34. The highest BCUT2D eigenvalue weighted by atomic mass is 33.1. The van der Waals surface area contributed by atoms with Crippen molar-refractivity contribution in [3.8, 4) is 23.0 Å². The normalized spacial score (nSPS) is 10.9. The number of amides is 2. The van der Waals surface area contributed by atoms with E-state index >= 15 is 0 Å². The van der Waals surface area contributed by atoms with Gasteiger partial charge in [-0.2, -0.15) is 0 Å². The number of fused-ring (bicyclic) bond motifs is 2. The standard InChI is InChI=1S/C30H24N6O6S2/c1-39-29(37)35-27-31-19-13-23(41-17-9-5-3-6-10-17)25(15-21(19)33-27)43-44-26-16-22-20(32-28(34-22)36-30(38)40-2)14-24(26)42-18-11-7-4-8-12-18/h3-16H,1-2H3,(H2,31,33,35,37)(H2,32,34,36,38). The Morgan fingerprint density at radius 2 is 1.05 bits per heavy atom. The maximum absolute atomic E-state index is 11.7. The Kier molecular flexibility index (Phi) is 8.43. The lowest BCUT2D eigenvalue weighted by Crippen LogP contribution is -2.11. The molecular formula is C30H24N6O6S2. The van der Waals surface area contributed by atoms with Crippen molar-refractivity contribution >= 4 is 67.7 Å². The number of carbonyl (C=O) groups excluding carboxylic acids is 2. The first-order valence-electron chi connectivity index (χ1n) is 13.0. The second-order valence-electron chi connectivity index (χ2n) is 9.03. The van der Waals surface area contributed by atoms with Crippen molar-refractivity contribution < 1.29 is 28.5 Å². The fourth-order valence-corrected chi connectivity index (χ4v) is 6.24. The number of nitrogens with zero attached hydrogens (tertiary/aromatic N) is 2. The van der Waals surface area contributed by atoms with Gasteiger partial charge in [0.05, 0.1) is 46.1 Å². The van der Waals surface area contributed by atoms with E-state index in [1.54, 1.807) is 0 Å². The molecule has 2 aromatic heterocycles. The van der Waals surface area contributed by atoms with Crippen LogP contribution in [0.2, 0.25) is 0 Å². The largest absolute Gasteiger partial charge is 0.456 e. The van der Waals surface area contributed by atoms with Gasteiger partial charge in [-0.15, -0.1) is 0 Å². The summed E-state index contributed by atoms with van der Waals surface area (Å²) in [4.78, 5) is 40.1. The van der Waals surface area contributed by atoms with E-state index in [4.69, 9.17) is 9.47 Å². The number of methoxy groups -OCH3 is 2. The number of para-hydroxylation sites is 2. The lowest BCUT2D eigenvalue weighted by atomic mass is 10.3. The van der Waals surface area contributed by atoms with Crippen molar-refractivity contribution in [2.75, 3.05) is 24.9 Å². The summed E-state index contributed by atoms with van der Waals surface area (Å²) in [6.07, 6.45) is -1.28. The third-order valence-electron chi connectivity index (χ3n) is 6.07. The van der Waals surface area contributed by atoms with Gasteiger partial charge in [-0.05, 0) is 58.0 Å². The van der Waals surface area contributed by atoms with E-state index < -0.39 is 12.2 Å². The second kappa shape index (κ2) is 12.9. The van der Waals surface area contributed by atoms with Crippen molar-refractivity contribution in [3.63, 3.8) is 0 Å².